The van der Waals surface area contributed by atoms with Crippen LogP contribution in [0.1, 0.15) is 28.3 Å². The van der Waals surface area contributed by atoms with Gasteiger partial charge in [-0.1, -0.05) is 36.4 Å². The largest absolute Gasteiger partial charge is 0.507 e. The van der Waals surface area contributed by atoms with Crippen molar-refractivity contribution >= 4 is 5.65 Å². The molecule has 9 heteroatoms. The maximum Gasteiger partial charge on any atom is 0.230 e. The van der Waals surface area contributed by atoms with E-state index in [-0.39, 0.29) is 11.7 Å². The van der Waals surface area contributed by atoms with Crippen molar-refractivity contribution in [2.75, 3.05) is 0 Å². The summed E-state index contributed by atoms with van der Waals surface area (Å²) in [4.78, 5) is 13.8. The van der Waals surface area contributed by atoms with Gasteiger partial charge in [-0.2, -0.15) is 5.10 Å². The molecule has 174 valence electrons. The van der Waals surface area contributed by atoms with Gasteiger partial charge in [-0.05, 0) is 42.8 Å². The summed E-state index contributed by atoms with van der Waals surface area (Å²) in [5, 5.41) is 19.8. The predicted octanol–water partition coefficient (Wildman–Crippen LogP) is 4.67. The van der Waals surface area contributed by atoms with E-state index in [0.29, 0.717) is 28.8 Å². The van der Waals surface area contributed by atoms with Crippen molar-refractivity contribution in [3.05, 3.63) is 108 Å². The fraction of sp³-hybridized carbons (Fsp3) is 0.0741. The average Bonchev–Trinajstić information content (AvgIpc) is 3.50. The highest BCUT2D eigenvalue weighted by atomic mass is 16.5. The van der Waals surface area contributed by atoms with Gasteiger partial charge in [0.1, 0.15) is 12.1 Å². The minimum atomic E-state index is -0.285. The van der Waals surface area contributed by atoms with Crippen LogP contribution in [0.5, 0.6) is 17.5 Å². The molecule has 0 amide bonds. The SMILES string of the molecule is Cc1nn(-c2ccccc2)c2c1[C@H](c1cccnc1)c1c(ncn3nc(-c4ccccc4O)nc13)O2. The number of phenols is 1. The van der Waals surface area contributed by atoms with Crippen LogP contribution in [0.3, 0.4) is 0 Å². The predicted molar refractivity (Wildman–Crippen MR) is 131 cm³/mol. The number of ether oxygens (including phenoxy) is 1. The third kappa shape index (κ3) is 2.99. The molecule has 1 aliphatic heterocycles. The topological polar surface area (TPSA) is 103 Å². The van der Waals surface area contributed by atoms with Crippen LogP contribution in [-0.4, -0.2) is 39.5 Å². The summed E-state index contributed by atoms with van der Waals surface area (Å²) >= 11 is 0. The number of para-hydroxylation sites is 2. The van der Waals surface area contributed by atoms with Crippen LogP contribution in [0.2, 0.25) is 0 Å². The molecule has 0 saturated heterocycles. The molecular weight excluding hydrogens is 454 g/mol. The summed E-state index contributed by atoms with van der Waals surface area (Å²) in [7, 11) is 0. The van der Waals surface area contributed by atoms with Gasteiger partial charge in [0, 0.05) is 12.4 Å². The minimum Gasteiger partial charge on any atom is -0.507 e. The van der Waals surface area contributed by atoms with Crippen LogP contribution >= 0.6 is 0 Å². The lowest BCUT2D eigenvalue weighted by atomic mass is 9.85. The number of fused-ring (bicyclic) bond motifs is 4. The highest BCUT2D eigenvalue weighted by molar-refractivity contribution is 5.70. The van der Waals surface area contributed by atoms with Crippen LogP contribution in [0.15, 0.2) is 85.5 Å². The molecule has 9 nitrogen and oxygen atoms in total. The lowest BCUT2D eigenvalue weighted by Crippen LogP contribution is -2.16. The van der Waals surface area contributed by atoms with Gasteiger partial charge in [-0.3, -0.25) is 4.98 Å². The molecule has 0 unspecified atom stereocenters. The van der Waals surface area contributed by atoms with Gasteiger partial charge in [0.15, 0.2) is 11.5 Å². The first-order chi connectivity index (χ1) is 17.7. The maximum absolute atomic E-state index is 10.4. The van der Waals surface area contributed by atoms with Gasteiger partial charge >= 0.3 is 0 Å². The van der Waals surface area contributed by atoms with Crippen molar-refractivity contribution in [1.82, 2.24) is 34.3 Å². The van der Waals surface area contributed by atoms with E-state index >= 15 is 0 Å². The lowest BCUT2D eigenvalue weighted by molar-refractivity contribution is 0.402. The second-order valence-electron chi connectivity index (χ2n) is 8.56. The van der Waals surface area contributed by atoms with Crippen molar-refractivity contribution in [1.29, 1.82) is 0 Å². The molecule has 36 heavy (non-hydrogen) atoms. The fourth-order valence-corrected chi connectivity index (χ4v) is 4.78. The molecule has 5 heterocycles. The summed E-state index contributed by atoms with van der Waals surface area (Å²) in [6.45, 7) is 1.97. The number of pyridine rings is 1. The zero-order chi connectivity index (χ0) is 24.2. The molecule has 1 N–H and O–H groups in total. The summed E-state index contributed by atoms with van der Waals surface area (Å²) < 4.78 is 9.85. The Labute approximate surface area is 205 Å². The number of benzene rings is 2. The zero-order valence-electron chi connectivity index (χ0n) is 19.1. The van der Waals surface area contributed by atoms with Crippen LogP contribution in [0, 0.1) is 6.92 Å². The van der Waals surface area contributed by atoms with Crippen LogP contribution in [0.25, 0.3) is 22.7 Å². The van der Waals surface area contributed by atoms with E-state index in [9.17, 15) is 5.11 Å². The third-order valence-corrected chi connectivity index (χ3v) is 6.38. The van der Waals surface area contributed by atoms with Gasteiger partial charge in [0.05, 0.1) is 34.0 Å². The minimum absolute atomic E-state index is 0.109. The Kier molecular flexibility index (Phi) is 4.37. The zero-order valence-corrected chi connectivity index (χ0v) is 19.1. The molecule has 0 saturated carbocycles. The molecule has 2 aromatic carbocycles. The lowest BCUT2D eigenvalue weighted by Gasteiger charge is -2.26. The number of aryl methyl sites for hydroxylation is 1. The third-order valence-electron chi connectivity index (χ3n) is 6.38. The number of hydrogen-bond donors (Lipinski definition) is 1. The van der Waals surface area contributed by atoms with E-state index in [2.05, 4.69) is 15.1 Å². The highest BCUT2D eigenvalue weighted by Crippen LogP contribution is 2.49. The number of hydrogen-bond acceptors (Lipinski definition) is 7. The number of aromatic nitrogens is 7. The summed E-state index contributed by atoms with van der Waals surface area (Å²) in [5.41, 5.74) is 5.49. The second-order valence-corrected chi connectivity index (χ2v) is 8.56. The number of phenolic OH excluding ortho intramolecular Hbond substituents is 1. The molecule has 1 atom stereocenters. The average molecular weight is 473 g/mol. The number of aromatic hydroxyl groups is 1. The Morgan fingerprint density at radius 1 is 0.917 bits per heavy atom. The number of nitrogens with zero attached hydrogens (tertiary/aromatic N) is 7. The van der Waals surface area contributed by atoms with E-state index in [1.54, 1.807) is 39.9 Å². The quantitative estimate of drug-likeness (QED) is 0.398. The van der Waals surface area contributed by atoms with Crippen molar-refractivity contribution in [2.45, 2.75) is 12.8 Å². The van der Waals surface area contributed by atoms with Crippen molar-refractivity contribution in [3.8, 4) is 34.6 Å². The molecule has 7 rings (SSSR count). The van der Waals surface area contributed by atoms with Crippen molar-refractivity contribution in [3.63, 3.8) is 0 Å². The highest BCUT2D eigenvalue weighted by Gasteiger charge is 2.38. The van der Waals surface area contributed by atoms with Crippen molar-refractivity contribution < 1.29 is 9.84 Å². The monoisotopic (exact) mass is 473 g/mol. The van der Waals surface area contributed by atoms with Gasteiger partial charge in [-0.15, -0.1) is 5.10 Å². The number of rotatable bonds is 3. The molecule has 0 spiro atoms. The molecule has 0 fully saturated rings. The van der Waals surface area contributed by atoms with Gasteiger partial charge in [0.25, 0.3) is 0 Å². The van der Waals surface area contributed by atoms with E-state index in [1.165, 1.54) is 0 Å². The first-order valence-electron chi connectivity index (χ1n) is 11.5. The smallest absolute Gasteiger partial charge is 0.230 e. The van der Waals surface area contributed by atoms with Crippen LogP contribution in [-0.2, 0) is 0 Å². The molecule has 0 bridgehead atoms. The Morgan fingerprint density at radius 3 is 2.56 bits per heavy atom. The standard InChI is InChI=1S/C27H19N7O2/c1-16-21-22(17-8-7-13-28-14-17)23-25-30-24(19-11-5-6-12-20(19)35)32-33(25)15-29-26(23)36-27(21)34(31-16)18-9-3-2-4-10-18/h2-15,22,35H,1H3/t22-/m0/s1. The van der Waals surface area contributed by atoms with Crippen molar-refractivity contribution in [2.24, 2.45) is 0 Å². The normalized spacial score (nSPS) is 14.3. The van der Waals surface area contributed by atoms with E-state index in [1.807, 2.05) is 61.7 Å². The van der Waals surface area contributed by atoms with Crippen LogP contribution in [0.4, 0.5) is 0 Å². The Bertz CT molecular complexity index is 1740. The molecule has 0 radical (unpaired) electrons. The summed E-state index contributed by atoms with van der Waals surface area (Å²) in [6.07, 6.45) is 5.16. The Balaban J connectivity index is 1.50. The molecule has 0 aliphatic carbocycles. The first kappa shape index (κ1) is 20.3. The summed E-state index contributed by atoms with van der Waals surface area (Å²) in [6, 6.07) is 20.8. The molecule has 6 aromatic rings. The van der Waals surface area contributed by atoms with Gasteiger partial charge in [-0.25, -0.2) is 19.2 Å². The van der Waals surface area contributed by atoms with Gasteiger partial charge in [0.2, 0.25) is 11.8 Å². The second kappa shape index (κ2) is 7.74. The summed E-state index contributed by atoms with van der Waals surface area (Å²) in [5.74, 6) is 1.26. The first-order valence-corrected chi connectivity index (χ1v) is 11.5. The van der Waals surface area contributed by atoms with E-state index in [0.717, 1.165) is 28.1 Å². The van der Waals surface area contributed by atoms with Crippen LogP contribution < -0.4 is 4.74 Å². The molecule has 4 aromatic heterocycles. The Hall–Kier alpha value is -5.05. The van der Waals surface area contributed by atoms with E-state index in [4.69, 9.17) is 14.8 Å². The van der Waals surface area contributed by atoms with Gasteiger partial charge < -0.3 is 9.84 Å². The molecular formula is C27H19N7O2. The van der Waals surface area contributed by atoms with E-state index < -0.39 is 0 Å². The fourth-order valence-electron chi connectivity index (χ4n) is 4.78. The Morgan fingerprint density at radius 2 is 1.75 bits per heavy atom. The maximum atomic E-state index is 10.4. The molecule has 1 aliphatic rings.